The van der Waals surface area contributed by atoms with Gasteiger partial charge in [-0.1, -0.05) is 29.8 Å². The highest BCUT2D eigenvalue weighted by Gasteiger charge is 2.09. The van der Waals surface area contributed by atoms with Gasteiger partial charge < -0.3 is 0 Å². The van der Waals surface area contributed by atoms with Crippen LogP contribution in [0, 0.1) is 6.92 Å². The molecule has 0 radical (unpaired) electrons. The van der Waals surface area contributed by atoms with Crippen LogP contribution in [0.3, 0.4) is 0 Å². The van der Waals surface area contributed by atoms with Gasteiger partial charge in [0, 0.05) is 12.1 Å². The molecular weight excluding hydrogens is 242 g/mol. The molecule has 2 rings (SSSR count). The first-order valence-corrected chi connectivity index (χ1v) is 6.89. The number of benzene rings is 1. The standard InChI is InChI=1S/C15H17NOS/c1-12-3-5-14(6-4-12)15(17)10-16(2)9-13-7-8-18-11-13/h3-8,11H,9-10H2,1-2H3. The topological polar surface area (TPSA) is 20.3 Å². The number of hydrogen-bond donors (Lipinski definition) is 0. The van der Waals surface area contributed by atoms with E-state index in [1.807, 2.05) is 43.1 Å². The fraction of sp³-hybridized carbons (Fsp3) is 0.267. The van der Waals surface area contributed by atoms with E-state index in [-0.39, 0.29) is 5.78 Å². The quantitative estimate of drug-likeness (QED) is 0.767. The Hall–Kier alpha value is -1.45. The minimum atomic E-state index is 0.174. The molecule has 3 heteroatoms. The van der Waals surface area contributed by atoms with Crippen LogP contribution < -0.4 is 0 Å². The largest absolute Gasteiger partial charge is 0.295 e. The molecule has 0 saturated carbocycles. The molecule has 0 atom stereocenters. The van der Waals surface area contributed by atoms with Gasteiger partial charge in [-0.05, 0) is 36.4 Å². The number of rotatable bonds is 5. The van der Waals surface area contributed by atoms with Gasteiger partial charge in [0.25, 0.3) is 0 Å². The fourth-order valence-corrected chi connectivity index (χ4v) is 2.49. The predicted molar refractivity (Wildman–Crippen MR) is 76.2 cm³/mol. The highest BCUT2D eigenvalue weighted by molar-refractivity contribution is 7.07. The summed E-state index contributed by atoms with van der Waals surface area (Å²) in [5.41, 5.74) is 3.23. The molecule has 2 aromatic rings. The number of likely N-dealkylation sites (N-methyl/N-ethyl adjacent to an activating group) is 1. The third-order valence-corrected chi connectivity index (χ3v) is 3.55. The molecule has 18 heavy (non-hydrogen) atoms. The summed E-state index contributed by atoms with van der Waals surface area (Å²) in [5.74, 6) is 0.174. The molecule has 0 unspecified atom stereocenters. The molecule has 0 amide bonds. The number of ketones is 1. The summed E-state index contributed by atoms with van der Waals surface area (Å²) in [6.45, 7) is 3.30. The number of hydrogen-bond acceptors (Lipinski definition) is 3. The van der Waals surface area contributed by atoms with E-state index in [4.69, 9.17) is 0 Å². The highest BCUT2D eigenvalue weighted by atomic mass is 32.1. The first-order chi connectivity index (χ1) is 8.65. The number of aryl methyl sites for hydroxylation is 1. The smallest absolute Gasteiger partial charge is 0.176 e. The Morgan fingerprint density at radius 2 is 1.94 bits per heavy atom. The first-order valence-electron chi connectivity index (χ1n) is 5.94. The molecule has 1 heterocycles. The SMILES string of the molecule is Cc1ccc(C(=O)CN(C)Cc2ccsc2)cc1. The lowest BCUT2D eigenvalue weighted by atomic mass is 10.1. The van der Waals surface area contributed by atoms with Crippen LogP contribution in [0.15, 0.2) is 41.1 Å². The molecule has 0 saturated heterocycles. The van der Waals surface area contributed by atoms with Gasteiger partial charge >= 0.3 is 0 Å². The van der Waals surface area contributed by atoms with Gasteiger partial charge in [0.05, 0.1) is 6.54 Å². The third kappa shape index (κ3) is 3.52. The minimum Gasteiger partial charge on any atom is -0.295 e. The van der Waals surface area contributed by atoms with Crippen molar-refractivity contribution in [3.8, 4) is 0 Å². The van der Waals surface area contributed by atoms with Crippen molar-refractivity contribution in [1.29, 1.82) is 0 Å². The molecule has 1 aromatic carbocycles. The summed E-state index contributed by atoms with van der Waals surface area (Å²) in [5, 5.41) is 4.18. The van der Waals surface area contributed by atoms with Crippen LogP contribution in [0.5, 0.6) is 0 Å². The van der Waals surface area contributed by atoms with Crippen molar-refractivity contribution in [2.75, 3.05) is 13.6 Å². The Kier molecular flexibility index (Phi) is 4.28. The van der Waals surface area contributed by atoms with Crippen LogP contribution in [0.1, 0.15) is 21.5 Å². The molecule has 0 aliphatic rings. The van der Waals surface area contributed by atoms with Crippen molar-refractivity contribution >= 4 is 17.1 Å². The zero-order chi connectivity index (χ0) is 13.0. The monoisotopic (exact) mass is 259 g/mol. The van der Waals surface area contributed by atoms with Crippen molar-refractivity contribution < 1.29 is 4.79 Å². The molecule has 0 aliphatic carbocycles. The summed E-state index contributed by atoms with van der Waals surface area (Å²) >= 11 is 1.69. The highest BCUT2D eigenvalue weighted by Crippen LogP contribution is 2.10. The molecule has 0 spiro atoms. The lowest BCUT2D eigenvalue weighted by molar-refractivity contribution is 0.0943. The maximum Gasteiger partial charge on any atom is 0.176 e. The number of carbonyl (C=O) groups excluding carboxylic acids is 1. The fourth-order valence-electron chi connectivity index (χ4n) is 1.83. The van der Waals surface area contributed by atoms with Crippen LogP contribution in [-0.4, -0.2) is 24.3 Å². The van der Waals surface area contributed by atoms with Crippen LogP contribution >= 0.6 is 11.3 Å². The van der Waals surface area contributed by atoms with E-state index in [0.29, 0.717) is 6.54 Å². The van der Waals surface area contributed by atoms with E-state index in [0.717, 1.165) is 12.1 Å². The number of thiophene rings is 1. The Bertz CT molecular complexity index is 502. The average Bonchev–Trinajstić information content (AvgIpc) is 2.82. The number of nitrogens with zero attached hydrogens (tertiary/aromatic N) is 1. The molecule has 0 fully saturated rings. The van der Waals surface area contributed by atoms with E-state index in [1.165, 1.54) is 11.1 Å². The van der Waals surface area contributed by atoms with Crippen molar-refractivity contribution in [2.24, 2.45) is 0 Å². The summed E-state index contributed by atoms with van der Waals surface area (Å²) < 4.78 is 0. The van der Waals surface area contributed by atoms with Crippen molar-refractivity contribution in [2.45, 2.75) is 13.5 Å². The van der Waals surface area contributed by atoms with E-state index in [1.54, 1.807) is 11.3 Å². The van der Waals surface area contributed by atoms with Crippen LogP contribution in [0.25, 0.3) is 0 Å². The zero-order valence-corrected chi connectivity index (χ0v) is 11.5. The second kappa shape index (κ2) is 5.94. The number of carbonyl (C=O) groups is 1. The summed E-state index contributed by atoms with van der Waals surface area (Å²) in [6, 6.07) is 9.85. The van der Waals surface area contributed by atoms with Crippen LogP contribution in [0.2, 0.25) is 0 Å². The second-order valence-corrected chi connectivity index (χ2v) is 5.37. The van der Waals surface area contributed by atoms with Gasteiger partial charge in [0.2, 0.25) is 0 Å². The van der Waals surface area contributed by atoms with Gasteiger partial charge in [-0.3, -0.25) is 9.69 Å². The van der Waals surface area contributed by atoms with E-state index >= 15 is 0 Å². The summed E-state index contributed by atoms with van der Waals surface area (Å²) in [4.78, 5) is 14.1. The summed E-state index contributed by atoms with van der Waals surface area (Å²) in [7, 11) is 1.98. The molecular formula is C15H17NOS. The molecule has 0 N–H and O–H groups in total. The Morgan fingerprint density at radius 3 is 2.56 bits per heavy atom. The lowest BCUT2D eigenvalue weighted by Crippen LogP contribution is -2.25. The maximum atomic E-state index is 12.1. The Balaban J connectivity index is 1.92. The lowest BCUT2D eigenvalue weighted by Gasteiger charge is -2.14. The average molecular weight is 259 g/mol. The van der Waals surface area contributed by atoms with E-state index < -0.39 is 0 Å². The van der Waals surface area contributed by atoms with Gasteiger partial charge in [0.15, 0.2) is 5.78 Å². The predicted octanol–water partition coefficient (Wildman–Crippen LogP) is 3.37. The second-order valence-electron chi connectivity index (χ2n) is 4.59. The van der Waals surface area contributed by atoms with E-state index in [2.05, 4.69) is 16.8 Å². The Morgan fingerprint density at radius 1 is 1.22 bits per heavy atom. The van der Waals surface area contributed by atoms with Crippen LogP contribution in [-0.2, 0) is 6.54 Å². The summed E-state index contributed by atoms with van der Waals surface area (Å²) in [6.07, 6.45) is 0. The van der Waals surface area contributed by atoms with Gasteiger partial charge in [0.1, 0.15) is 0 Å². The number of Topliss-reactive ketones (excluding diaryl/α,β-unsaturated/α-hetero) is 1. The van der Waals surface area contributed by atoms with Crippen LogP contribution in [0.4, 0.5) is 0 Å². The van der Waals surface area contributed by atoms with Crippen molar-refractivity contribution in [3.63, 3.8) is 0 Å². The van der Waals surface area contributed by atoms with Gasteiger partial charge in [-0.15, -0.1) is 0 Å². The normalized spacial score (nSPS) is 10.8. The maximum absolute atomic E-state index is 12.1. The molecule has 94 valence electrons. The van der Waals surface area contributed by atoms with Gasteiger partial charge in [-0.2, -0.15) is 11.3 Å². The molecule has 0 aliphatic heterocycles. The van der Waals surface area contributed by atoms with Crippen molar-refractivity contribution in [3.05, 3.63) is 57.8 Å². The molecule has 1 aromatic heterocycles. The Labute approximate surface area is 112 Å². The third-order valence-electron chi connectivity index (χ3n) is 2.82. The van der Waals surface area contributed by atoms with Crippen molar-refractivity contribution in [1.82, 2.24) is 4.90 Å². The molecule has 0 bridgehead atoms. The van der Waals surface area contributed by atoms with E-state index in [9.17, 15) is 4.79 Å². The first kappa shape index (κ1) is 13.0. The zero-order valence-electron chi connectivity index (χ0n) is 10.7. The van der Waals surface area contributed by atoms with Gasteiger partial charge in [-0.25, -0.2) is 0 Å². The molecule has 2 nitrogen and oxygen atoms in total. The minimum absolute atomic E-state index is 0.174.